The Morgan fingerprint density at radius 3 is 3.07 bits per heavy atom. The van der Waals surface area contributed by atoms with Crippen LogP contribution >= 0.6 is 0 Å². The zero-order chi connectivity index (χ0) is 9.54. The van der Waals surface area contributed by atoms with Gasteiger partial charge in [-0.05, 0) is 12.8 Å². The topological polar surface area (TPSA) is 68.4 Å². The van der Waals surface area contributed by atoms with Gasteiger partial charge in [-0.25, -0.2) is 5.43 Å². The first-order valence-corrected chi connectivity index (χ1v) is 5.21. The minimum atomic E-state index is -0.255. The molecule has 0 spiro atoms. The third kappa shape index (κ3) is 1.15. The predicted octanol–water partition coefficient (Wildman–Crippen LogP) is -1.42. The number of hydrogen-bond acceptors (Lipinski definition) is 5. The number of carbonyl (C=O) groups is 1. The van der Waals surface area contributed by atoms with Crippen molar-refractivity contribution in [1.29, 1.82) is 0 Å². The monoisotopic (exact) mass is 197 g/mol. The van der Waals surface area contributed by atoms with Gasteiger partial charge in [0.15, 0.2) is 6.17 Å². The number of carbonyl (C=O) groups excluding carboxylic acids is 1. The van der Waals surface area contributed by atoms with Gasteiger partial charge >= 0.3 is 0 Å². The molecular formula is C8H15N5O. The van der Waals surface area contributed by atoms with Crippen molar-refractivity contribution in [2.45, 2.75) is 43.9 Å². The molecule has 2 saturated heterocycles. The van der Waals surface area contributed by atoms with Crippen LogP contribution in [0.2, 0.25) is 0 Å². The summed E-state index contributed by atoms with van der Waals surface area (Å²) < 4.78 is 0. The maximum atomic E-state index is 11.6. The first-order valence-electron chi connectivity index (χ1n) is 5.21. The van der Waals surface area contributed by atoms with Gasteiger partial charge in [0.2, 0.25) is 0 Å². The number of nitrogens with zero attached hydrogens (tertiary/aromatic N) is 1. The fourth-order valence-corrected chi connectivity index (χ4v) is 2.64. The minimum absolute atomic E-state index is 0.0608. The van der Waals surface area contributed by atoms with E-state index >= 15 is 0 Å². The molecule has 6 heteroatoms. The molecule has 0 aromatic carbocycles. The molecule has 3 aliphatic rings. The Morgan fingerprint density at radius 2 is 2.14 bits per heavy atom. The molecule has 2 heterocycles. The van der Waals surface area contributed by atoms with E-state index in [1.165, 1.54) is 12.8 Å². The quantitative estimate of drug-likeness (QED) is 0.384. The van der Waals surface area contributed by atoms with Crippen LogP contribution in [0.4, 0.5) is 0 Å². The smallest absolute Gasteiger partial charge is 0.255 e. The molecule has 0 radical (unpaired) electrons. The Labute approximate surface area is 82.3 Å². The molecule has 0 bridgehead atoms. The maximum absolute atomic E-state index is 11.6. The largest absolute Gasteiger partial charge is 0.349 e. The van der Waals surface area contributed by atoms with Crippen LogP contribution in [0.15, 0.2) is 0 Å². The highest BCUT2D eigenvalue weighted by Crippen LogP contribution is 2.26. The fraction of sp³-hybridized carbons (Fsp3) is 0.875. The van der Waals surface area contributed by atoms with Gasteiger partial charge in [-0.1, -0.05) is 12.8 Å². The summed E-state index contributed by atoms with van der Waals surface area (Å²) in [6.45, 7) is 0. The summed E-state index contributed by atoms with van der Waals surface area (Å²) in [5.74, 6) is 0.0608. The van der Waals surface area contributed by atoms with Gasteiger partial charge in [0.1, 0.15) is 0 Å². The fourth-order valence-electron chi connectivity index (χ4n) is 2.64. The van der Waals surface area contributed by atoms with Crippen LogP contribution in [0.3, 0.4) is 0 Å². The van der Waals surface area contributed by atoms with Gasteiger partial charge in [-0.2, -0.15) is 16.1 Å². The van der Waals surface area contributed by atoms with Crippen molar-refractivity contribution in [3.8, 4) is 0 Å². The van der Waals surface area contributed by atoms with Crippen molar-refractivity contribution in [2.75, 3.05) is 0 Å². The molecule has 3 atom stereocenters. The van der Waals surface area contributed by atoms with Crippen molar-refractivity contribution in [2.24, 2.45) is 0 Å². The average molecular weight is 197 g/mol. The lowest BCUT2D eigenvalue weighted by Gasteiger charge is -2.43. The molecule has 0 aromatic rings. The maximum Gasteiger partial charge on any atom is 0.255 e. The van der Waals surface area contributed by atoms with E-state index in [0.29, 0.717) is 12.1 Å². The Bertz CT molecular complexity index is 258. The third-order valence-corrected chi connectivity index (χ3v) is 3.33. The predicted molar refractivity (Wildman–Crippen MR) is 49.2 cm³/mol. The number of nitrogens with one attached hydrogen (secondary N) is 4. The van der Waals surface area contributed by atoms with E-state index in [1.54, 1.807) is 0 Å². The second kappa shape index (κ2) is 3.16. The Balaban J connectivity index is 1.84. The number of rotatable bonds is 0. The lowest BCUT2D eigenvalue weighted by molar-refractivity contribution is -0.135. The molecule has 1 aliphatic carbocycles. The standard InChI is InChI=1S/C8H15N5O/c14-8-7-10-11-12-13(7)6-4-2-1-3-5(6)9-8/h5-7,10-12H,1-4H2,(H,9,14). The second-order valence-electron chi connectivity index (χ2n) is 4.16. The molecule has 0 aromatic heterocycles. The summed E-state index contributed by atoms with van der Waals surface area (Å²) >= 11 is 0. The SMILES string of the molecule is O=C1NC2CCCCC2N2NNNC12. The van der Waals surface area contributed by atoms with E-state index in [-0.39, 0.29) is 12.1 Å². The summed E-state index contributed by atoms with van der Waals surface area (Å²) in [4.78, 5) is 11.6. The van der Waals surface area contributed by atoms with E-state index in [9.17, 15) is 4.79 Å². The van der Waals surface area contributed by atoms with Crippen LogP contribution in [0.5, 0.6) is 0 Å². The molecule has 14 heavy (non-hydrogen) atoms. The number of fused-ring (bicyclic) bond motifs is 3. The normalized spacial score (nSPS) is 42.9. The summed E-state index contributed by atoms with van der Waals surface area (Å²) in [5, 5.41) is 5.07. The van der Waals surface area contributed by atoms with E-state index < -0.39 is 0 Å². The first kappa shape index (κ1) is 8.60. The Morgan fingerprint density at radius 1 is 1.29 bits per heavy atom. The van der Waals surface area contributed by atoms with E-state index in [4.69, 9.17) is 0 Å². The van der Waals surface area contributed by atoms with Gasteiger partial charge in [-0.3, -0.25) is 4.79 Å². The van der Waals surface area contributed by atoms with Crippen LogP contribution in [0.1, 0.15) is 25.7 Å². The van der Waals surface area contributed by atoms with Gasteiger partial charge < -0.3 is 5.32 Å². The van der Waals surface area contributed by atoms with E-state index in [0.717, 1.165) is 12.8 Å². The molecular weight excluding hydrogens is 182 g/mol. The zero-order valence-corrected chi connectivity index (χ0v) is 7.92. The highest BCUT2D eigenvalue weighted by Gasteiger charge is 2.45. The summed E-state index contributed by atoms with van der Waals surface area (Å²) in [7, 11) is 0. The van der Waals surface area contributed by atoms with Crippen LogP contribution in [-0.4, -0.2) is 29.2 Å². The number of hydrazine groups is 3. The van der Waals surface area contributed by atoms with Crippen molar-refractivity contribution in [3.05, 3.63) is 0 Å². The molecule has 78 valence electrons. The number of amides is 1. The first-order chi connectivity index (χ1) is 6.86. The van der Waals surface area contributed by atoms with Gasteiger partial charge in [0, 0.05) is 12.1 Å². The van der Waals surface area contributed by atoms with E-state index in [1.807, 2.05) is 5.01 Å². The minimum Gasteiger partial charge on any atom is -0.349 e. The summed E-state index contributed by atoms with van der Waals surface area (Å²) in [6, 6.07) is 0.746. The zero-order valence-electron chi connectivity index (χ0n) is 7.92. The molecule has 4 N–H and O–H groups in total. The second-order valence-corrected chi connectivity index (χ2v) is 4.16. The lowest BCUT2D eigenvalue weighted by Crippen LogP contribution is -2.67. The molecule has 3 fully saturated rings. The highest BCUT2D eigenvalue weighted by molar-refractivity contribution is 5.82. The average Bonchev–Trinajstić information content (AvgIpc) is 2.67. The van der Waals surface area contributed by atoms with Crippen molar-refractivity contribution < 1.29 is 4.79 Å². The number of hydrogen-bond donors (Lipinski definition) is 4. The van der Waals surface area contributed by atoms with Gasteiger partial charge in [0.05, 0.1) is 0 Å². The van der Waals surface area contributed by atoms with Crippen molar-refractivity contribution >= 4 is 5.91 Å². The van der Waals surface area contributed by atoms with Crippen LogP contribution in [0, 0.1) is 0 Å². The molecule has 1 amide bonds. The van der Waals surface area contributed by atoms with E-state index in [2.05, 4.69) is 21.8 Å². The molecule has 6 nitrogen and oxygen atoms in total. The molecule has 3 unspecified atom stereocenters. The summed E-state index contributed by atoms with van der Waals surface area (Å²) in [6.07, 6.45) is 4.47. The van der Waals surface area contributed by atoms with Crippen molar-refractivity contribution in [1.82, 2.24) is 26.8 Å². The Hall–Kier alpha value is -0.690. The number of piperazine rings is 1. The van der Waals surface area contributed by atoms with Crippen LogP contribution < -0.4 is 21.8 Å². The van der Waals surface area contributed by atoms with Crippen molar-refractivity contribution in [3.63, 3.8) is 0 Å². The Kier molecular flexibility index (Phi) is 1.94. The molecule has 1 saturated carbocycles. The molecule has 3 rings (SSSR count). The van der Waals surface area contributed by atoms with Gasteiger partial charge in [0.25, 0.3) is 5.91 Å². The van der Waals surface area contributed by atoms with Crippen LogP contribution in [-0.2, 0) is 4.79 Å². The molecule has 2 aliphatic heterocycles. The van der Waals surface area contributed by atoms with Gasteiger partial charge in [-0.15, -0.1) is 0 Å². The summed E-state index contributed by atoms with van der Waals surface area (Å²) in [5.41, 5.74) is 8.69. The third-order valence-electron chi connectivity index (χ3n) is 3.33. The lowest BCUT2D eigenvalue weighted by atomic mass is 9.88. The highest BCUT2D eigenvalue weighted by atomic mass is 16.2. The van der Waals surface area contributed by atoms with Crippen LogP contribution in [0.25, 0.3) is 0 Å².